The molecule has 0 saturated heterocycles. The molecule has 3 amide bonds. The van der Waals surface area contributed by atoms with Crippen molar-refractivity contribution in [2.24, 2.45) is 0 Å². The van der Waals surface area contributed by atoms with Crippen molar-refractivity contribution in [3.05, 3.63) is 72.1 Å². The lowest BCUT2D eigenvalue weighted by molar-refractivity contribution is -0.115. The van der Waals surface area contributed by atoms with Gasteiger partial charge in [-0.3, -0.25) is 19.1 Å². The van der Waals surface area contributed by atoms with E-state index in [2.05, 4.69) is 21.0 Å². The molecule has 0 fully saturated rings. The van der Waals surface area contributed by atoms with Crippen LogP contribution in [0.25, 0.3) is 0 Å². The summed E-state index contributed by atoms with van der Waals surface area (Å²) in [5.74, 6) is -0.944. The van der Waals surface area contributed by atoms with Gasteiger partial charge in [-0.1, -0.05) is 30.3 Å². The lowest BCUT2D eigenvalue weighted by Gasteiger charge is -2.10. The van der Waals surface area contributed by atoms with Crippen LogP contribution < -0.4 is 16.0 Å². The van der Waals surface area contributed by atoms with E-state index in [-0.39, 0.29) is 23.3 Å². The van der Waals surface area contributed by atoms with E-state index >= 15 is 0 Å². The Morgan fingerprint density at radius 1 is 0.862 bits per heavy atom. The Labute approximate surface area is 167 Å². The van der Waals surface area contributed by atoms with Crippen LogP contribution in [0.5, 0.6) is 0 Å². The number of rotatable bonds is 6. The zero-order valence-corrected chi connectivity index (χ0v) is 16.1. The maximum atomic E-state index is 12.7. The summed E-state index contributed by atoms with van der Waals surface area (Å²) in [7, 11) is 0. The molecule has 8 heteroatoms. The zero-order chi connectivity index (χ0) is 20.8. The van der Waals surface area contributed by atoms with E-state index in [0.717, 1.165) is 5.56 Å². The van der Waals surface area contributed by atoms with E-state index < -0.39 is 0 Å². The number of carbonyl (C=O) groups is 3. The summed E-state index contributed by atoms with van der Waals surface area (Å²) >= 11 is 0. The highest BCUT2D eigenvalue weighted by atomic mass is 16.2. The Kier molecular flexibility index (Phi) is 6.03. The molecule has 0 aliphatic heterocycles. The minimum absolute atomic E-state index is 0.279. The van der Waals surface area contributed by atoms with Crippen molar-refractivity contribution in [3.8, 4) is 0 Å². The van der Waals surface area contributed by atoms with Crippen LogP contribution in [0, 0.1) is 0 Å². The van der Waals surface area contributed by atoms with Gasteiger partial charge in [0.2, 0.25) is 11.8 Å². The monoisotopic (exact) mass is 391 g/mol. The number of carbonyl (C=O) groups excluding carboxylic acids is 3. The van der Waals surface area contributed by atoms with Crippen LogP contribution in [-0.4, -0.2) is 27.5 Å². The standard InChI is InChI=1S/C21H21N5O3/c1-14(27)23-18-8-17(9-19(10-18)24-15(2)28)21(29)25-20-11-22-26(13-20)12-16-6-4-3-5-7-16/h3-11,13H,12H2,1-2H3,(H,23,27)(H,24,28)(H,25,29). The zero-order valence-electron chi connectivity index (χ0n) is 16.1. The van der Waals surface area contributed by atoms with Gasteiger partial charge in [-0.05, 0) is 23.8 Å². The van der Waals surface area contributed by atoms with Crippen molar-refractivity contribution in [2.75, 3.05) is 16.0 Å². The quantitative estimate of drug-likeness (QED) is 0.600. The molecule has 0 bridgehead atoms. The van der Waals surface area contributed by atoms with E-state index in [1.54, 1.807) is 23.1 Å². The minimum Gasteiger partial charge on any atom is -0.326 e. The highest BCUT2D eigenvalue weighted by Crippen LogP contribution is 2.20. The SMILES string of the molecule is CC(=O)Nc1cc(NC(C)=O)cc(C(=O)Nc2cnn(Cc3ccccc3)c2)c1. The van der Waals surface area contributed by atoms with Crippen LogP contribution in [0.15, 0.2) is 60.9 Å². The van der Waals surface area contributed by atoms with Crippen molar-refractivity contribution in [3.63, 3.8) is 0 Å². The van der Waals surface area contributed by atoms with Crippen LogP contribution in [0.3, 0.4) is 0 Å². The Balaban J connectivity index is 1.75. The molecule has 0 saturated carbocycles. The first kappa shape index (κ1) is 19.8. The van der Waals surface area contributed by atoms with Gasteiger partial charge in [-0.25, -0.2) is 0 Å². The predicted molar refractivity (Wildman–Crippen MR) is 111 cm³/mol. The lowest BCUT2D eigenvalue weighted by atomic mass is 10.1. The second kappa shape index (κ2) is 8.83. The fourth-order valence-electron chi connectivity index (χ4n) is 2.80. The molecular weight excluding hydrogens is 370 g/mol. The number of amides is 3. The van der Waals surface area contributed by atoms with Gasteiger partial charge in [0.1, 0.15) is 0 Å². The Bertz CT molecular complexity index is 1010. The van der Waals surface area contributed by atoms with Crippen molar-refractivity contribution in [1.82, 2.24) is 9.78 Å². The fourth-order valence-corrected chi connectivity index (χ4v) is 2.80. The van der Waals surface area contributed by atoms with Gasteiger partial charge < -0.3 is 16.0 Å². The van der Waals surface area contributed by atoms with Crippen LogP contribution in [-0.2, 0) is 16.1 Å². The highest BCUT2D eigenvalue weighted by Gasteiger charge is 2.12. The van der Waals surface area contributed by atoms with Crippen molar-refractivity contribution >= 4 is 34.8 Å². The fraction of sp³-hybridized carbons (Fsp3) is 0.143. The molecule has 148 valence electrons. The molecule has 2 aromatic carbocycles. The average Bonchev–Trinajstić information content (AvgIpc) is 3.08. The smallest absolute Gasteiger partial charge is 0.255 e. The molecule has 0 aliphatic carbocycles. The maximum Gasteiger partial charge on any atom is 0.255 e. The largest absolute Gasteiger partial charge is 0.326 e. The second-order valence-corrected chi connectivity index (χ2v) is 6.53. The topological polar surface area (TPSA) is 105 Å². The number of nitrogens with one attached hydrogen (secondary N) is 3. The normalized spacial score (nSPS) is 10.3. The third-order valence-corrected chi connectivity index (χ3v) is 3.91. The highest BCUT2D eigenvalue weighted by molar-refractivity contribution is 6.06. The molecule has 1 aromatic heterocycles. The number of nitrogens with zero attached hydrogens (tertiary/aromatic N) is 2. The summed E-state index contributed by atoms with van der Waals surface area (Å²) in [6.07, 6.45) is 3.30. The maximum absolute atomic E-state index is 12.7. The van der Waals surface area contributed by atoms with E-state index in [1.807, 2.05) is 30.3 Å². The molecule has 0 unspecified atom stereocenters. The molecule has 0 radical (unpaired) electrons. The van der Waals surface area contributed by atoms with Crippen molar-refractivity contribution in [1.29, 1.82) is 0 Å². The molecule has 8 nitrogen and oxygen atoms in total. The van der Waals surface area contributed by atoms with E-state index in [4.69, 9.17) is 0 Å². The first-order valence-corrected chi connectivity index (χ1v) is 8.97. The third kappa shape index (κ3) is 5.77. The molecule has 3 aromatic rings. The molecule has 3 rings (SSSR count). The molecule has 0 atom stereocenters. The summed E-state index contributed by atoms with van der Waals surface area (Å²) in [5.41, 5.74) is 2.74. The summed E-state index contributed by atoms with van der Waals surface area (Å²) in [4.78, 5) is 35.4. The van der Waals surface area contributed by atoms with Crippen LogP contribution in [0.2, 0.25) is 0 Å². The van der Waals surface area contributed by atoms with Crippen LogP contribution in [0.4, 0.5) is 17.1 Å². The molecule has 0 aliphatic rings. The molecule has 1 heterocycles. The minimum atomic E-state index is -0.386. The van der Waals surface area contributed by atoms with Gasteiger partial charge in [0.15, 0.2) is 0 Å². The molecule has 3 N–H and O–H groups in total. The first-order valence-electron chi connectivity index (χ1n) is 8.97. The lowest BCUT2D eigenvalue weighted by Crippen LogP contribution is -2.15. The van der Waals surface area contributed by atoms with Crippen LogP contribution >= 0.6 is 0 Å². The Morgan fingerprint density at radius 3 is 2.07 bits per heavy atom. The van der Waals surface area contributed by atoms with Gasteiger partial charge in [-0.15, -0.1) is 0 Å². The van der Waals surface area contributed by atoms with Gasteiger partial charge in [-0.2, -0.15) is 5.10 Å². The second-order valence-electron chi connectivity index (χ2n) is 6.53. The molecule has 29 heavy (non-hydrogen) atoms. The number of hydrogen-bond acceptors (Lipinski definition) is 4. The summed E-state index contributed by atoms with van der Waals surface area (Å²) in [5, 5.41) is 12.3. The van der Waals surface area contributed by atoms with E-state index in [9.17, 15) is 14.4 Å². The number of aromatic nitrogens is 2. The number of benzene rings is 2. The van der Waals surface area contributed by atoms with E-state index in [0.29, 0.717) is 23.6 Å². The number of anilines is 3. The van der Waals surface area contributed by atoms with Crippen LogP contribution in [0.1, 0.15) is 29.8 Å². The first-order chi connectivity index (χ1) is 13.9. The summed E-state index contributed by atoms with van der Waals surface area (Å²) in [6.45, 7) is 3.32. The summed E-state index contributed by atoms with van der Waals surface area (Å²) < 4.78 is 1.72. The Morgan fingerprint density at radius 2 is 1.48 bits per heavy atom. The van der Waals surface area contributed by atoms with E-state index in [1.165, 1.54) is 26.0 Å². The predicted octanol–water partition coefficient (Wildman–Crippen LogP) is 3.10. The Hall–Kier alpha value is -3.94. The van der Waals surface area contributed by atoms with Crippen molar-refractivity contribution < 1.29 is 14.4 Å². The third-order valence-electron chi connectivity index (χ3n) is 3.91. The van der Waals surface area contributed by atoms with Gasteiger partial charge >= 0.3 is 0 Å². The van der Waals surface area contributed by atoms with Crippen molar-refractivity contribution in [2.45, 2.75) is 20.4 Å². The average molecular weight is 391 g/mol. The molecule has 0 spiro atoms. The van der Waals surface area contributed by atoms with Gasteiger partial charge in [0.05, 0.1) is 18.4 Å². The number of hydrogen-bond donors (Lipinski definition) is 3. The molecular formula is C21H21N5O3. The van der Waals surface area contributed by atoms with Gasteiger partial charge in [0, 0.05) is 37.0 Å². The summed E-state index contributed by atoms with van der Waals surface area (Å²) in [6, 6.07) is 14.5. The van der Waals surface area contributed by atoms with Gasteiger partial charge in [0.25, 0.3) is 5.91 Å².